The Bertz CT molecular complexity index is 1800. The van der Waals surface area contributed by atoms with Gasteiger partial charge in [0, 0.05) is 19.5 Å². The lowest BCUT2D eigenvalue weighted by molar-refractivity contribution is -0.202. The molecule has 2 aromatic heterocycles. The molecule has 1 aliphatic heterocycles. The Balaban J connectivity index is 1.46. The number of esters is 1. The fourth-order valence-corrected chi connectivity index (χ4v) is 7.54. The van der Waals surface area contributed by atoms with Gasteiger partial charge in [0.25, 0.3) is 5.85 Å². The number of hydrogen-bond donors (Lipinski definition) is 2. The fraction of sp³-hybridized carbons (Fsp3) is 0.467. The number of aryl methyl sites for hydroxylation is 1. The average molecular weight is 679 g/mol. The number of alkyl halides is 2. The second kappa shape index (κ2) is 12.7. The first-order valence-corrected chi connectivity index (χ1v) is 17.2. The summed E-state index contributed by atoms with van der Waals surface area (Å²) in [4.78, 5) is 27.5. The van der Waals surface area contributed by atoms with Crippen molar-refractivity contribution >= 4 is 52.2 Å². The molecule has 12 nitrogen and oxygen atoms in total. The molecule has 1 aliphatic rings. The first kappa shape index (κ1) is 34.0. The number of rotatable bonds is 11. The number of carbonyl (C=O) groups excluding carboxylic acids is 1. The van der Waals surface area contributed by atoms with Crippen LogP contribution in [-0.2, 0) is 30.6 Å². The highest BCUT2D eigenvalue weighted by atomic mass is 32.5. The lowest BCUT2D eigenvalue weighted by Gasteiger charge is -2.30. The minimum atomic E-state index is -3.82. The van der Waals surface area contributed by atoms with Gasteiger partial charge in [-0.3, -0.25) is 9.36 Å². The number of aliphatic hydroxyl groups excluding tert-OH is 1. The zero-order valence-electron chi connectivity index (χ0n) is 26.5. The van der Waals surface area contributed by atoms with Crippen molar-refractivity contribution in [1.29, 1.82) is 0 Å². The molecule has 2 N–H and O–H groups in total. The van der Waals surface area contributed by atoms with Crippen molar-refractivity contribution in [2.45, 2.75) is 70.6 Å². The smallest absolute Gasteiger partial charge is 0.323 e. The van der Waals surface area contributed by atoms with Crippen LogP contribution in [0.1, 0.15) is 39.7 Å². The quantitative estimate of drug-likeness (QED) is 0.165. The van der Waals surface area contributed by atoms with E-state index in [1.807, 2.05) is 30.3 Å². The molecule has 16 heteroatoms. The summed E-state index contributed by atoms with van der Waals surface area (Å²) >= 11 is 5.77. The van der Waals surface area contributed by atoms with E-state index in [-0.39, 0.29) is 5.65 Å². The van der Waals surface area contributed by atoms with Gasteiger partial charge in [0.05, 0.1) is 12.4 Å². The van der Waals surface area contributed by atoms with Crippen LogP contribution in [0.25, 0.3) is 21.9 Å². The number of hydrogen-bond acceptors (Lipinski definition) is 11. The number of ether oxygens (including phenoxy) is 2. The number of aromatic nitrogens is 4. The summed E-state index contributed by atoms with van der Waals surface area (Å²) in [6, 6.07) is 11.6. The van der Waals surface area contributed by atoms with E-state index in [4.69, 9.17) is 30.3 Å². The summed E-state index contributed by atoms with van der Waals surface area (Å²) in [5.74, 6) is -2.59. The number of benzene rings is 2. The largest absolute Gasteiger partial charge is 0.462 e. The Morgan fingerprint density at radius 3 is 2.59 bits per heavy atom. The van der Waals surface area contributed by atoms with Crippen molar-refractivity contribution in [1.82, 2.24) is 24.6 Å². The number of anilines is 1. The fourth-order valence-electron chi connectivity index (χ4n) is 5.15. The van der Waals surface area contributed by atoms with Gasteiger partial charge >= 0.3 is 12.6 Å². The molecule has 0 amide bonds. The second-order valence-corrected chi connectivity index (χ2v) is 14.9. The van der Waals surface area contributed by atoms with Gasteiger partial charge in [-0.25, -0.2) is 28.8 Å². The summed E-state index contributed by atoms with van der Waals surface area (Å²) in [6.45, 7) is 2.69. The molecular formula is C30H37F2N6O6PS. The summed E-state index contributed by atoms with van der Waals surface area (Å²) in [5, 5.41) is 15.4. The van der Waals surface area contributed by atoms with E-state index in [0.717, 1.165) is 12.3 Å². The van der Waals surface area contributed by atoms with Crippen molar-refractivity contribution in [3.63, 3.8) is 0 Å². The lowest BCUT2D eigenvalue weighted by Crippen LogP contribution is -2.47. The molecule has 248 valence electrons. The van der Waals surface area contributed by atoms with Crippen LogP contribution in [0.5, 0.6) is 5.75 Å². The van der Waals surface area contributed by atoms with Gasteiger partial charge in [-0.15, -0.1) is 0 Å². The van der Waals surface area contributed by atoms with Crippen molar-refractivity contribution in [3.8, 4) is 5.75 Å². The van der Waals surface area contributed by atoms with Gasteiger partial charge in [0.1, 0.15) is 24.2 Å². The predicted octanol–water partition coefficient (Wildman–Crippen LogP) is 4.89. The molecule has 4 aromatic rings. The van der Waals surface area contributed by atoms with Crippen LogP contribution in [0.2, 0.25) is 0 Å². The highest BCUT2D eigenvalue weighted by Gasteiger charge is 2.65. The topological polar surface area (TPSA) is 133 Å². The van der Waals surface area contributed by atoms with E-state index in [9.17, 15) is 9.90 Å². The number of carbonyl (C=O) groups is 1. The van der Waals surface area contributed by atoms with Gasteiger partial charge in [-0.05, 0) is 57.9 Å². The first-order chi connectivity index (χ1) is 21.5. The molecule has 3 heterocycles. The van der Waals surface area contributed by atoms with Gasteiger partial charge in [-0.1, -0.05) is 36.4 Å². The number of fused-ring (bicyclic) bond motifs is 2. The SMILES string of the molecule is Cc1nc(N(C)C)c2ncn([C@@H]3O[C@](F)(CO[P@](=S)(N[C@@H](C)C(=O)OC(C)C)Oc4cccc5ccccc45)[C@@H](O)[C@@]3(C)F)c2n1. The third-order valence-electron chi connectivity index (χ3n) is 7.38. The Labute approximate surface area is 270 Å². The molecule has 0 aliphatic carbocycles. The monoisotopic (exact) mass is 678 g/mol. The summed E-state index contributed by atoms with van der Waals surface area (Å²) in [5.41, 5.74) is -2.16. The van der Waals surface area contributed by atoms with E-state index in [1.54, 1.807) is 51.9 Å². The molecule has 0 unspecified atom stereocenters. The van der Waals surface area contributed by atoms with E-state index >= 15 is 8.78 Å². The van der Waals surface area contributed by atoms with Gasteiger partial charge in [0.15, 0.2) is 35.0 Å². The predicted molar refractivity (Wildman–Crippen MR) is 173 cm³/mol. The third-order valence-corrected chi connectivity index (χ3v) is 9.85. The molecule has 1 saturated heterocycles. The molecule has 0 saturated carbocycles. The van der Waals surface area contributed by atoms with Crippen LogP contribution in [-0.4, -0.2) is 81.1 Å². The molecular weight excluding hydrogens is 641 g/mol. The van der Waals surface area contributed by atoms with Crippen LogP contribution in [0, 0.1) is 6.92 Å². The van der Waals surface area contributed by atoms with E-state index < -0.39 is 55.2 Å². The zero-order valence-corrected chi connectivity index (χ0v) is 28.2. The van der Waals surface area contributed by atoms with Gasteiger partial charge in [0.2, 0.25) is 0 Å². The number of nitrogens with one attached hydrogen (secondary N) is 1. The molecule has 46 heavy (non-hydrogen) atoms. The highest BCUT2D eigenvalue weighted by molar-refractivity contribution is 8.09. The molecule has 0 bridgehead atoms. The molecule has 5 rings (SSSR count). The normalized spacial score (nSPS) is 25.1. The maximum atomic E-state index is 16.6. The Morgan fingerprint density at radius 2 is 1.89 bits per heavy atom. The summed E-state index contributed by atoms with van der Waals surface area (Å²) in [7, 11) is 3.53. The summed E-state index contributed by atoms with van der Waals surface area (Å²) in [6.07, 6.45) is -3.18. The van der Waals surface area contributed by atoms with Gasteiger partial charge in [-0.2, -0.15) is 0 Å². The summed E-state index contributed by atoms with van der Waals surface area (Å²) < 4.78 is 57.1. The third kappa shape index (κ3) is 6.57. The van der Waals surface area contributed by atoms with Gasteiger partial charge < -0.3 is 28.5 Å². The Kier molecular flexibility index (Phi) is 9.39. The maximum absolute atomic E-state index is 16.6. The standard InChI is InChI=1S/C30H37F2N6O6PS/c1-17(2)42-26(39)18(3)36-45(46,44-22-14-10-12-20-11-8-9-13-21(20)22)41-15-30(32)27(40)29(5,31)28(43-30)38-16-33-23-24(37(6)7)34-19(4)35-25(23)38/h8-14,16-18,27-28,40H,15H2,1-7H3,(H,36,46)/t18-,27-,28+,29+,30+,45+/m0/s1. The van der Waals surface area contributed by atoms with Crippen LogP contribution in [0.4, 0.5) is 14.6 Å². The van der Waals surface area contributed by atoms with E-state index in [0.29, 0.717) is 28.3 Å². The van der Waals surface area contributed by atoms with Crippen molar-refractivity contribution in [3.05, 3.63) is 54.6 Å². The molecule has 0 radical (unpaired) electrons. The molecule has 6 atom stereocenters. The molecule has 2 aromatic carbocycles. The maximum Gasteiger partial charge on any atom is 0.323 e. The zero-order chi connectivity index (χ0) is 33.6. The van der Waals surface area contributed by atoms with E-state index in [2.05, 4.69) is 20.0 Å². The average Bonchev–Trinajstić information content (AvgIpc) is 3.47. The Hall–Kier alpha value is -3.33. The van der Waals surface area contributed by atoms with Crippen LogP contribution >= 0.6 is 6.64 Å². The molecule has 0 spiro atoms. The van der Waals surface area contributed by atoms with Crippen LogP contribution in [0.3, 0.4) is 0 Å². The molecule has 1 fully saturated rings. The minimum absolute atomic E-state index is 0.186. The first-order valence-electron chi connectivity index (χ1n) is 14.6. The van der Waals surface area contributed by atoms with Crippen molar-refractivity contribution in [2.75, 3.05) is 25.6 Å². The van der Waals surface area contributed by atoms with Crippen molar-refractivity contribution < 1.29 is 37.2 Å². The lowest BCUT2D eigenvalue weighted by atomic mass is 9.97. The Morgan fingerprint density at radius 1 is 1.20 bits per heavy atom. The van der Waals surface area contributed by atoms with Crippen molar-refractivity contribution in [2.24, 2.45) is 0 Å². The highest BCUT2D eigenvalue weighted by Crippen LogP contribution is 2.53. The minimum Gasteiger partial charge on any atom is -0.462 e. The van der Waals surface area contributed by atoms with E-state index in [1.165, 1.54) is 17.8 Å². The second-order valence-electron chi connectivity index (χ2n) is 11.8. The number of nitrogens with zero attached hydrogens (tertiary/aromatic N) is 5. The van der Waals surface area contributed by atoms with Crippen LogP contribution < -0.4 is 14.5 Å². The van der Waals surface area contributed by atoms with Crippen LogP contribution in [0.15, 0.2) is 48.8 Å². The number of halogens is 2. The number of imidazole rings is 1. The number of aliphatic hydroxyl groups is 1.